The fraction of sp³-hybridized carbons (Fsp3) is 0.327. The summed E-state index contributed by atoms with van der Waals surface area (Å²) < 4.78 is 57.5. The van der Waals surface area contributed by atoms with E-state index in [1.54, 1.807) is 28.4 Å². The number of ether oxygens (including phenoxy) is 8. The molecule has 0 saturated heterocycles. The molecule has 0 spiro atoms. The van der Waals surface area contributed by atoms with Gasteiger partial charge in [-0.3, -0.25) is 4.79 Å². The molecule has 0 saturated carbocycles. The molecule has 0 aliphatic heterocycles. The normalized spacial score (nSPS) is 13.6. The number of methoxy groups -OCH3 is 4. The first-order valence-corrected chi connectivity index (χ1v) is 24.1. The molecular weight excluding hydrogens is 849 g/mol. The molecule has 6 rings (SSSR count). The van der Waals surface area contributed by atoms with Crippen molar-refractivity contribution in [2.75, 3.05) is 35.0 Å². The number of carbonyl (C=O) groups is 1. The van der Waals surface area contributed by atoms with Crippen LogP contribution < -0.4 is 29.3 Å². The van der Waals surface area contributed by atoms with Crippen LogP contribution in [0.2, 0.25) is 5.04 Å². The van der Waals surface area contributed by atoms with E-state index in [2.05, 4.69) is 69.3 Å². The number of carbonyl (C=O) groups excluding carboxylic acids is 1. The molecule has 4 atom stereocenters. The van der Waals surface area contributed by atoms with Crippen LogP contribution in [0.4, 0.5) is 0 Å². The van der Waals surface area contributed by atoms with Crippen LogP contribution in [-0.4, -0.2) is 73.6 Å². The van der Waals surface area contributed by atoms with E-state index < -0.39 is 37.8 Å². The quantitative estimate of drug-likeness (QED) is 0.0517. The lowest BCUT2D eigenvalue weighted by Crippen LogP contribution is -2.69. The Bertz CT molecular complexity index is 2290. The molecule has 0 bridgehead atoms. The second-order valence-corrected chi connectivity index (χ2v) is 21.4. The molecule has 0 N–H and O–H groups in total. The molecule has 0 heterocycles. The van der Waals surface area contributed by atoms with Crippen LogP contribution in [0.25, 0.3) is 0 Å². The molecule has 0 unspecified atom stereocenters. The Morgan fingerprint density at radius 1 is 0.470 bits per heavy atom. The van der Waals surface area contributed by atoms with Crippen LogP contribution in [0.5, 0.6) is 23.0 Å². The summed E-state index contributed by atoms with van der Waals surface area (Å²) in [4.78, 5) is 14.2. The van der Waals surface area contributed by atoms with Gasteiger partial charge in [0.05, 0.1) is 67.6 Å². The van der Waals surface area contributed by atoms with Crippen molar-refractivity contribution in [1.82, 2.24) is 0 Å². The van der Waals surface area contributed by atoms with Gasteiger partial charge in [-0.05, 0) is 93.1 Å². The predicted molar refractivity (Wildman–Crippen MR) is 261 cm³/mol. The van der Waals surface area contributed by atoms with Gasteiger partial charge in [0.2, 0.25) is 0 Å². The number of hydrogen-bond acceptors (Lipinski definition) is 10. The topological polar surface area (TPSA) is 100 Å². The van der Waals surface area contributed by atoms with Crippen molar-refractivity contribution in [3.05, 3.63) is 180 Å². The second kappa shape index (κ2) is 24.1. The maximum absolute atomic E-state index is 14.2. The highest BCUT2D eigenvalue weighted by Gasteiger charge is 2.54. The summed E-state index contributed by atoms with van der Waals surface area (Å²) in [6, 6.07) is 51.6. The summed E-state index contributed by atoms with van der Waals surface area (Å²) >= 11 is 0. The minimum absolute atomic E-state index is 0.0787. The third kappa shape index (κ3) is 13.0. The minimum atomic E-state index is -3.32. The molecule has 0 fully saturated rings. The molecule has 0 aliphatic carbocycles. The van der Waals surface area contributed by atoms with E-state index in [0.717, 1.165) is 44.1 Å². The van der Waals surface area contributed by atoms with Crippen molar-refractivity contribution in [3.8, 4) is 23.0 Å². The molecule has 0 radical (unpaired) electrons. The fourth-order valence-corrected chi connectivity index (χ4v) is 12.7. The van der Waals surface area contributed by atoms with Gasteiger partial charge in [-0.1, -0.05) is 130 Å². The predicted octanol–water partition coefficient (Wildman–Crippen LogP) is 9.53. The van der Waals surface area contributed by atoms with Gasteiger partial charge in [0.1, 0.15) is 41.3 Å². The number of hydrogen-bond donors (Lipinski definition) is 0. The standard InChI is InChI=1S/C55H64O10Si/c1-40(56)52(62-36-42-21-29-46(58-6)30-22-42)54(64-38-44-25-33-48(60-8)34-26-44)53(63-37-43-23-31-47(59-7)32-24-43)51(39-61-35-41-19-27-45(57-5)28-20-41)65-66(55(2,3)4,49-15-11-9-12-16-49)50-17-13-10-14-18-50/h9-34,51-54H,35-39H2,1-8H3/t51-,52+,53-,54-/m1/s1. The average molecular weight is 913 g/mol. The van der Waals surface area contributed by atoms with Crippen LogP contribution >= 0.6 is 0 Å². The van der Waals surface area contributed by atoms with Crippen LogP contribution in [-0.2, 0) is 54.6 Å². The molecule has 11 heteroatoms. The summed E-state index contributed by atoms with van der Waals surface area (Å²) in [6.45, 7) is 8.98. The zero-order valence-electron chi connectivity index (χ0n) is 39.4. The van der Waals surface area contributed by atoms with E-state index in [4.69, 9.17) is 42.3 Å². The number of benzene rings is 6. The SMILES string of the molecule is COc1ccc(COC[C@@H](O[Si](c2ccccc2)(c2ccccc2)C(C)(C)C)[C@@H](OCc2ccc(OC)cc2)[C@H](OCc2ccc(OC)cc2)[C@@H](OCc2ccc(OC)cc2)C(C)=O)cc1. The Balaban J connectivity index is 1.52. The Morgan fingerprint density at radius 3 is 1.17 bits per heavy atom. The molecule has 0 aliphatic rings. The zero-order chi connectivity index (χ0) is 46.9. The van der Waals surface area contributed by atoms with Crippen molar-refractivity contribution in [1.29, 1.82) is 0 Å². The smallest absolute Gasteiger partial charge is 0.261 e. The van der Waals surface area contributed by atoms with E-state index in [1.165, 1.54) is 6.92 Å². The lowest BCUT2D eigenvalue weighted by molar-refractivity contribution is -0.187. The lowest BCUT2D eigenvalue weighted by atomic mass is 9.99. The Morgan fingerprint density at radius 2 is 0.818 bits per heavy atom. The number of rotatable bonds is 25. The van der Waals surface area contributed by atoms with Gasteiger partial charge < -0.3 is 42.3 Å². The first-order valence-electron chi connectivity index (χ1n) is 22.2. The Labute approximate surface area is 391 Å². The third-order valence-corrected chi connectivity index (χ3v) is 16.7. The van der Waals surface area contributed by atoms with Gasteiger partial charge in [-0.25, -0.2) is 0 Å². The van der Waals surface area contributed by atoms with Gasteiger partial charge in [-0.15, -0.1) is 0 Å². The van der Waals surface area contributed by atoms with Crippen molar-refractivity contribution < 1.29 is 47.1 Å². The largest absolute Gasteiger partial charge is 0.497 e. The number of Topliss-reactive ketones (excluding diaryl/α,β-unsaturated/α-hetero) is 1. The monoisotopic (exact) mass is 912 g/mol. The van der Waals surface area contributed by atoms with Gasteiger partial charge >= 0.3 is 0 Å². The van der Waals surface area contributed by atoms with Gasteiger partial charge in [0, 0.05) is 0 Å². The molecular formula is C55H64O10Si. The van der Waals surface area contributed by atoms with E-state index in [-0.39, 0.29) is 38.8 Å². The van der Waals surface area contributed by atoms with Crippen LogP contribution in [0.3, 0.4) is 0 Å². The highest BCUT2D eigenvalue weighted by atomic mass is 28.4. The van der Waals surface area contributed by atoms with Gasteiger partial charge in [-0.2, -0.15) is 0 Å². The average Bonchev–Trinajstić information content (AvgIpc) is 3.35. The van der Waals surface area contributed by atoms with Crippen molar-refractivity contribution >= 4 is 24.5 Å². The molecule has 6 aromatic carbocycles. The summed E-state index contributed by atoms with van der Waals surface area (Å²) in [5, 5.41) is 1.73. The zero-order valence-corrected chi connectivity index (χ0v) is 40.4. The summed E-state index contributed by atoms with van der Waals surface area (Å²) in [5.74, 6) is 2.67. The Kier molecular flexibility index (Phi) is 18.1. The van der Waals surface area contributed by atoms with Gasteiger partial charge in [0.25, 0.3) is 8.32 Å². The van der Waals surface area contributed by atoms with Crippen LogP contribution in [0.15, 0.2) is 158 Å². The van der Waals surface area contributed by atoms with Gasteiger partial charge in [0.15, 0.2) is 5.78 Å². The highest BCUT2D eigenvalue weighted by Crippen LogP contribution is 2.39. The number of ketones is 1. The van der Waals surface area contributed by atoms with Crippen LogP contribution in [0.1, 0.15) is 49.9 Å². The first-order chi connectivity index (χ1) is 32.0. The van der Waals surface area contributed by atoms with E-state index in [1.807, 2.05) is 109 Å². The lowest BCUT2D eigenvalue weighted by Gasteiger charge is -2.47. The summed E-state index contributed by atoms with van der Waals surface area (Å²) in [5.41, 5.74) is 3.56. The first kappa shape index (κ1) is 49.6. The van der Waals surface area contributed by atoms with E-state index in [9.17, 15) is 4.79 Å². The molecule has 6 aromatic rings. The molecule has 0 amide bonds. The Hall–Kier alpha value is -5.79. The molecule has 0 aromatic heterocycles. The highest BCUT2D eigenvalue weighted by molar-refractivity contribution is 6.99. The molecule has 66 heavy (non-hydrogen) atoms. The second-order valence-electron chi connectivity index (χ2n) is 17.1. The maximum Gasteiger partial charge on any atom is 0.261 e. The molecule has 348 valence electrons. The summed E-state index contributed by atoms with van der Waals surface area (Å²) in [7, 11) is 3.22. The minimum Gasteiger partial charge on any atom is -0.497 e. The summed E-state index contributed by atoms with van der Waals surface area (Å²) in [6.07, 6.45) is -3.86. The van der Waals surface area contributed by atoms with Crippen molar-refractivity contribution in [2.45, 2.75) is 83.6 Å². The fourth-order valence-electron chi connectivity index (χ4n) is 8.08. The van der Waals surface area contributed by atoms with E-state index >= 15 is 0 Å². The maximum atomic E-state index is 14.2. The van der Waals surface area contributed by atoms with E-state index in [0.29, 0.717) is 11.5 Å². The third-order valence-electron chi connectivity index (χ3n) is 11.6. The van der Waals surface area contributed by atoms with Crippen LogP contribution in [0, 0.1) is 0 Å². The van der Waals surface area contributed by atoms with Crippen molar-refractivity contribution in [2.24, 2.45) is 0 Å². The van der Waals surface area contributed by atoms with Crippen molar-refractivity contribution in [3.63, 3.8) is 0 Å². The molecule has 10 nitrogen and oxygen atoms in total.